The van der Waals surface area contributed by atoms with Crippen molar-refractivity contribution in [1.82, 2.24) is 9.88 Å². The summed E-state index contributed by atoms with van der Waals surface area (Å²) in [5.41, 5.74) is 8.05. The lowest BCUT2D eigenvalue weighted by atomic mass is 10.1. The molecule has 4 rings (SSSR count). The van der Waals surface area contributed by atoms with Crippen molar-refractivity contribution < 1.29 is 14.4 Å². The van der Waals surface area contributed by atoms with Crippen molar-refractivity contribution in [2.24, 2.45) is 10.9 Å². The molecule has 0 bridgehead atoms. The minimum Gasteiger partial charge on any atom is -0.497 e. The lowest BCUT2D eigenvalue weighted by molar-refractivity contribution is -0.136. The average molecular weight is 453 g/mol. The van der Waals surface area contributed by atoms with Gasteiger partial charge in [-0.3, -0.25) is 4.79 Å². The predicted octanol–water partition coefficient (Wildman–Crippen LogP) is 2.07. The topological polar surface area (TPSA) is 96.5 Å². The van der Waals surface area contributed by atoms with E-state index in [-0.39, 0.29) is 18.3 Å². The van der Waals surface area contributed by atoms with Crippen molar-refractivity contribution in [3.05, 3.63) is 48.2 Å². The molecule has 176 valence electrons. The van der Waals surface area contributed by atoms with Gasteiger partial charge in [0, 0.05) is 51.2 Å². The zero-order valence-corrected chi connectivity index (χ0v) is 19.2. The van der Waals surface area contributed by atoms with Crippen molar-refractivity contribution in [3.63, 3.8) is 0 Å². The number of oxime groups is 1. The summed E-state index contributed by atoms with van der Waals surface area (Å²) in [5.74, 6) is 1.80. The predicted molar refractivity (Wildman–Crippen MR) is 129 cm³/mol. The number of benzene rings is 1. The highest BCUT2D eigenvalue weighted by atomic mass is 16.6. The van der Waals surface area contributed by atoms with Gasteiger partial charge in [0.25, 0.3) is 5.91 Å². The number of anilines is 2. The molecule has 1 aromatic heterocycles. The quantitative estimate of drug-likeness (QED) is 0.390. The molecule has 0 radical (unpaired) electrons. The second-order valence-corrected chi connectivity index (χ2v) is 8.24. The summed E-state index contributed by atoms with van der Waals surface area (Å²) in [6, 6.07) is 11.7. The number of ether oxygens (including phenoxy) is 1. The third-order valence-corrected chi connectivity index (χ3v) is 6.14. The first-order chi connectivity index (χ1) is 16.2. The molecule has 2 aliphatic rings. The van der Waals surface area contributed by atoms with E-state index >= 15 is 0 Å². The number of amidine groups is 1. The Hall–Kier alpha value is -3.49. The highest BCUT2D eigenvalue weighted by Crippen LogP contribution is 2.22. The van der Waals surface area contributed by atoms with Crippen LogP contribution in [0.4, 0.5) is 11.5 Å². The lowest BCUT2D eigenvalue weighted by Gasteiger charge is -2.36. The van der Waals surface area contributed by atoms with Crippen LogP contribution in [0.2, 0.25) is 0 Å². The molecule has 2 fully saturated rings. The number of rotatable bonds is 7. The van der Waals surface area contributed by atoms with E-state index in [0.29, 0.717) is 13.1 Å². The van der Waals surface area contributed by atoms with E-state index in [1.54, 1.807) is 18.2 Å². The number of aromatic nitrogens is 1. The van der Waals surface area contributed by atoms with E-state index in [1.165, 1.54) is 6.42 Å². The van der Waals surface area contributed by atoms with Gasteiger partial charge in [-0.2, -0.15) is 0 Å². The number of piperazine rings is 1. The standard InChI is InChI=1S/C24H32N6O3/c1-32-20-9-7-19(8-10-20)28-14-16-29(17-15-28)22(31)18-33-27-23(25)21-6-5-11-26-24(21)30-12-3-2-4-13-30/h5-11H,2-4,12-18H2,1H3,(H2,25,27). The van der Waals surface area contributed by atoms with Crippen molar-refractivity contribution in [1.29, 1.82) is 0 Å². The number of piperidine rings is 1. The maximum absolute atomic E-state index is 12.6. The Balaban J connectivity index is 1.28. The van der Waals surface area contributed by atoms with Crippen molar-refractivity contribution in [2.45, 2.75) is 19.3 Å². The van der Waals surface area contributed by atoms with E-state index in [4.69, 9.17) is 15.3 Å². The van der Waals surface area contributed by atoms with Gasteiger partial charge in [-0.25, -0.2) is 4.98 Å². The molecule has 0 spiro atoms. The number of amides is 1. The summed E-state index contributed by atoms with van der Waals surface area (Å²) >= 11 is 0. The van der Waals surface area contributed by atoms with Gasteiger partial charge in [-0.15, -0.1) is 0 Å². The number of hydrogen-bond acceptors (Lipinski definition) is 7. The van der Waals surface area contributed by atoms with Gasteiger partial charge < -0.3 is 30.0 Å². The Labute approximate surface area is 194 Å². The van der Waals surface area contributed by atoms with E-state index in [1.807, 2.05) is 36.4 Å². The first kappa shape index (κ1) is 22.7. The van der Waals surface area contributed by atoms with Crippen LogP contribution in [0.3, 0.4) is 0 Å². The van der Waals surface area contributed by atoms with E-state index in [0.717, 1.165) is 61.8 Å². The maximum atomic E-state index is 12.6. The van der Waals surface area contributed by atoms with Crippen molar-refractivity contribution in [3.8, 4) is 5.75 Å². The molecule has 1 aromatic carbocycles. The van der Waals surface area contributed by atoms with Crippen LogP contribution >= 0.6 is 0 Å². The van der Waals surface area contributed by atoms with Crippen LogP contribution in [0.25, 0.3) is 0 Å². The molecule has 2 N–H and O–H groups in total. The molecule has 2 saturated heterocycles. The summed E-state index contributed by atoms with van der Waals surface area (Å²) in [6.45, 7) is 4.57. The molecule has 1 amide bonds. The summed E-state index contributed by atoms with van der Waals surface area (Å²) in [7, 11) is 1.66. The molecule has 9 heteroatoms. The van der Waals surface area contributed by atoms with Gasteiger partial charge in [0.1, 0.15) is 11.6 Å². The summed E-state index contributed by atoms with van der Waals surface area (Å²) in [5, 5.41) is 4.02. The normalized spacial score (nSPS) is 17.1. The van der Waals surface area contributed by atoms with Gasteiger partial charge in [0.2, 0.25) is 0 Å². The highest BCUT2D eigenvalue weighted by Gasteiger charge is 2.22. The van der Waals surface area contributed by atoms with Crippen LogP contribution in [-0.2, 0) is 9.63 Å². The Kier molecular flexibility index (Phi) is 7.49. The third kappa shape index (κ3) is 5.66. The van der Waals surface area contributed by atoms with Crippen LogP contribution in [-0.4, -0.2) is 74.6 Å². The molecule has 0 atom stereocenters. The molecule has 2 aliphatic heterocycles. The minimum atomic E-state index is -0.136. The number of nitrogens with zero attached hydrogens (tertiary/aromatic N) is 5. The van der Waals surface area contributed by atoms with Gasteiger partial charge in [-0.05, 0) is 55.7 Å². The largest absolute Gasteiger partial charge is 0.497 e. The smallest absolute Gasteiger partial charge is 0.263 e. The Bertz CT molecular complexity index is 951. The van der Waals surface area contributed by atoms with Crippen LogP contribution < -0.4 is 20.3 Å². The first-order valence-electron chi connectivity index (χ1n) is 11.5. The summed E-state index contributed by atoms with van der Waals surface area (Å²) < 4.78 is 5.21. The van der Waals surface area contributed by atoms with E-state index < -0.39 is 0 Å². The Morgan fingerprint density at radius 3 is 2.42 bits per heavy atom. The van der Waals surface area contributed by atoms with Gasteiger partial charge in [0.05, 0.1) is 12.7 Å². The Morgan fingerprint density at radius 2 is 1.73 bits per heavy atom. The maximum Gasteiger partial charge on any atom is 0.263 e. The molecular formula is C24H32N6O3. The molecule has 9 nitrogen and oxygen atoms in total. The number of carbonyl (C=O) groups excluding carboxylic acids is 1. The lowest BCUT2D eigenvalue weighted by Crippen LogP contribution is -2.49. The molecule has 0 saturated carbocycles. The van der Waals surface area contributed by atoms with Gasteiger partial charge in [0.15, 0.2) is 12.4 Å². The number of methoxy groups -OCH3 is 1. The van der Waals surface area contributed by atoms with Crippen LogP contribution in [0.15, 0.2) is 47.8 Å². The van der Waals surface area contributed by atoms with Crippen molar-refractivity contribution in [2.75, 3.05) is 62.8 Å². The third-order valence-electron chi connectivity index (χ3n) is 6.14. The fourth-order valence-electron chi connectivity index (χ4n) is 4.26. The van der Waals surface area contributed by atoms with Gasteiger partial charge >= 0.3 is 0 Å². The van der Waals surface area contributed by atoms with E-state index in [2.05, 4.69) is 19.9 Å². The molecular weight excluding hydrogens is 420 g/mol. The molecule has 33 heavy (non-hydrogen) atoms. The average Bonchev–Trinajstić information content (AvgIpc) is 2.89. The fraction of sp³-hybridized carbons (Fsp3) is 0.458. The molecule has 0 unspecified atom stereocenters. The number of pyridine rings is 1. The Morgan fingerprint density at radius 1 is 1.00 bits per heavy atom. The second-order valence-electron chi connectivity index (χ2n) is 8.24. The van der Waals surface area contributed by atoms with E-state index in [9.17, 15) is 4.79 Å². The van der Waals surface area contributed by atoms with Gasteiger partial charge in [-0.1, -0.05) is 5.16 Å². The molecule has 2 aromatic rings. The fourth-order valence-corrected chi connectivity index (χ4v) is 4.26. The molecule has 0 aliphatic carbocycles. The number of nitrogens with two attached hydrogens (primary N) is 1. The monoisotopic (exact) mass is 452 g/mol. The first-order valence-corrected chi connectivity index (χ1v) is 11.5. The number of hydrogen-bond donors (Lipinski definition) is 1. The summed E-state index contributed by atoms with van der Waals surface area (Å²) in [4.78, 5) is 28.7. The highest BCUT2D eigenvalue weighted by molar-refractivity contribution is 6.01. The van der Waals surface area contributed by atoms with Crippen LogP contribution in [0.1, 0.15) is 24.8 Å². The summed E-state index contributed by atoms with van der Waals surface area (Å²) in [6.07, 6.45) is 5.28. The minimum absolute atomic E-state index is 0.0941. The zero-order chi connectivity index (χ0) is 23.0. The molecule has 3 heterocycles. The SMILES string of the molecule is COc1ccc(N2CCN(C(=O)CO/N=C(/N)c3cccnc3N3CCCCC3)CC2)cc1. The second kappa shape index (κ2) is 10.9. The van der Waals surface area contributed by atoms with Crippen LogP contribution in [0, 0.1) is 0 Å². The zero-order valence-electron chi connectivity index (χ0n) is 19.2. The van der Waals surface area contributed by atoms with Crippen molar-refractivity contribution >= 4 is 23.2 Å². The van der Waals surface area contributed by atoms with Crippen LogP contribution in [0.5, 0.6) is 5.75 Å². The number of carbonyl (C=O) groups is 1.